The molecule has 1 aromatic heterocycles. The van der Waals surface area contributed by atoms with Crippen LogP contribution in [0, 0.1) is 6.92 Å². The Kier molecular flexibility index (Phi) is 3.40. The van der Waals surface area contributed by atoms with Crippen LogP contribution < -0.4 is 5.32 Å². The van der Waals surface area contributed by atoms with Gasteiger partial charge >= 0.3 is 0 Å². The Labute approximate surface area is 124 Å². The van der Waals surface area contributed by atoms with Gasteiger partial charge in [-0.25, -0.2) is 0 Å². The zero-order chi connectivity index (χ0) is 15.0. The molecule has 0 radical (unpaired) electrons. The fourth-order valence-electron chi connectivity index (χ4n) is 2.13. The van der Waals surface area contributed by atoms with Crippen molar-refractivity contribution in [1.82, 2.24) is 13.6 Å². The maximum absolute atomic E-state index is 12.1. The molecule has 0 atom stereocenters. The van der Waals surface area contributed by atoms with Crippen LogP contribution in [0.25, 0.3) is 11.0 Å². The zero-order valence-corrected chi connectivity index (χ0v) is 12.0. The number of carbonyl (C=O) groups is 2. The Bertz CT molecular complexity index is 768. The molecular formula is C13H12N4O3S. The third-order valence-corrected chi connectivity index (χ3v) is 3.76. The predicted octanol–water partition coefficient (Wildman–Crippen LogP) is 0.657. The standard InChI is InChI=1S/C13H12N4O3S/c1-7-4-9-10(16-21-15-9)5-8(7)14-11-6-12(19)17(2-3-18)13(11)20/h4-6,14,18H,2-3H2,1H3. The highest BCUT2D eigenvalue weighted by Gasteiger charge is 2.30. The Hall–Kier alpha value is -2.32. The lowest BCUT2D eigenvalue weighted by Crippen LogP contribution is -2.34. The molecule has 1 aromatic carbocycles. The summed E-state index contributed by atoms with van der Waals surface area (Å²) in [6.07, 6.45) is 1.24. The Balaban J connectivity index is 1.88. The van der Waals surface area contributed by atoms with Gasteiger partial charge in [0.05, 0.1) is 24.9 Å². The molecule has 0 saturated carbocycles. The highest BCUT2D eigenvalue weighted by atomic mass is 32.1. The molecule has 0 aliphatic carbocycles. The van der Waals surface area contributed by atoms with Gasteiger partial charge < -0.3 is 10.4 Å². The molecule has 1 aliphatic heterocycles. The van der Waals surface area contributed by atoms with Crippen molar-refractivity contribution in [3.05, 3.63) is 29.5 Å². The summed E-state index contributed by atoms with van der Waals surface area (Å²) in [6, 6.07) is 3.66. The highest BCUT2D eigenvalue weighted by Crippen LogP contribution is 2.25. The van der Waals surface area contributed by atoms with Crippen LogP contribution in [0.2, 0.25) is 0 Å². The minimum Gasteiger partial charge on any atom is -0.395 e. The SMILES string of the molecule is Cc1cc2nsnc2cc1NC1=CC(=O)N(CCO)C1=O. The lowest BCUT2D eigenvalue weighted by molar-refractivity contribution is -0.137. The smallest absolute Gasteiger partial charge is 0.277 e. The average molecular weight is 304 g/mol. The number of anilines is 1. The van der Waals surface area contributed by atoms with Crippen molar-refractivity contribution in [2.45, 2.75) is 6.92 Å². The largest absolute Gasteiger partial charge is 0.395 e. The van der Waals surface area contributed by atoms with Gasteiger partial charge in [0.2, 0.25) is 0 Å². The predicted molar refractivity (Wildman–Crippen MR) is 77.7 cm³/mol. The molecule has 3 rings (SSSR count). The maximum atomic E-state index is 12.1. The highest BCUT2D eigenvalue weighted by molar-refractivity contribution is 7.00. The van der Waals surface area contributed by atoms with Crippen molar-refractivity contribution in [3.63, 3.8) is 0 Å². The van der Waals surface area contributed by atoms with Gasteiger partial charge in [-0.15, -0.1) is 0 Å². The van der Waals surface area contributed by atoms with Crippen molar-refractivity contribution in [3.8, 4) is 0 Å². The molecule has 8 heteroatoms. The fourth-order valence-corrected chi connectivity index (χ4v) is 2.63. The molecule has 0 bridgehead atoms. The number of β-amino-alcohol motifs (C(OH)–C–C–N with tert-alkyl or cyclic N) is 1. The first kappa shape index (κ1) is 13.7. The number of nitrogens with one attached hydrogen (secondary N) is 1. The van der Waals surface area contributed by atoms with E-state index in [-0.39, 0.29) is 18.8 Å². The lowest BCUT2D eigenvalue weighted by Gasteiger charge is -2.14. The van der Waals surface area contributed by atoms with E-state index in [9.17, 15) is 9.59 Å². The Morgan fingerprint density at radius 1 is 1.29 bits per heavy atom. The van der Waals surface area contributed by atoms with E-state index in [1.807, 2.05) is 13.0 Å². The van der Waals surface area contributed by atoms with Crippen LogP contribution in [0.5, 0.6) is 0 Å². The Morgan fingerprint density at radius 2 is 2.00 bits per heavy atom. The van der Waals surface area contributed by atoms with Gasteiger partial charge in [0.15, 0.2) is 0 Å². The van der Waals surface area contributed by atoms with E-state index in [1.165, 1.54) is 6.08 Å². The molecule has 0 unspecified atom stereocenters. The molecule has 2 amide bonds. The second-order valence-corrected chi connectivity index (χ2v) is 5.15. The van der Waals surface area contributed by atoms with E-state index in [0.717, 1.165) is 33.2 Å². The summed E-state index contributed by atoms with van der Waals surface area (Å²) < 4.78 is 8.30. The summed E-state index contributed by atoms with van der Waals surface area (Å²) in [5, 5.41) is 11.8. The topological polar surface area (TPSA) is 95.4 Å². The van der Waals surface area contributed by atoms with E-state index in [1.54, 1.807) is 6.07 Å². The first-order valence-corrected chi connectivity index (χ1v) is 7.01. The second-order valence-electron chi connectivity index (χ2n) is 4.62. The van der Waals surface area contributed by atoms with Gasteiger partial charge in [-0.1, -0.05) is 0 Å². The number of hydrogen-bond acceptors (Lipinski definition) is 7. The van der Waals surface area contributed by atoms with Crippen LogP contribution in [0.1, 0.15) is 5.56 Å². The van der Waals surface area contributed by atoms with E-state index < -0.39 is 11.8 Å². The quantitative estimate of drug-likeness (QED) is 0.806. The molecule has 0 fully saturated rings. The number of aliphatic hydroxyl groups excluding tert-OH is 1. The number of aromatic nitrogens is 2. The lowest BCUT2D eigenvalue weighted by atomic mass is 10.1. The molecule has 2 aromatic rings. The van der Waals surface area contributed by atoms with Crippen LogP contribution in [0.15, 0.2) is 23.9 Å². The number of fused-ring (bicyclic) bond motifs is 1. The van der Waals surface area contributed by atoms with E-state index in [2.05, 4.69) is 14.1 Å². The summed E-state index contributed by atoms with van der Waals surface area (Å²) >= 11 is 1.12. The minimum absolute atomic E-state index is 0.00658. The summed E-state index contributed by atoms with van der Waals surface area (Å²) in [4.78, 5) is 24.8. The molecule has 108 valence electrons. The normalized spacial score (nSPS) is 15.0. The van der Waals surface area contributed by atoms with Crippen LogP contribution in [0.4, 0.5) is 5.69 Å². The van der Waals surface area contributed by atoms with Gasteiger partial charge in [0.25, 0.3) is 11.8 Å². The first-order chi connectivity index (χ1) is 10.1. The van der Waals surface area contributed by atoms with Crippen LogP contribution in [-0.4, -0.2) is 43.7 Å². The van der Waals surface area contributed by atoms with Gasteiger partial charge in [-0.05, 0) is 24.6 Å². The molecule has 7 nitrogen and oxygen atoms in total. The number of amides is 2. The molecule has 2 heterocycles. The van der Waals surface area contributed by atoms with Crippen LogP contribution in [-0.2, 0) is 9.59 Å². The van der Waals surface area contributed by atoms with Crippen molar-refractivity contribution in [1.29, 1.82) is 0 Å². The summed E-state index contributed by atoms with van der Waals surface area (Å²) in [6.45, 7) is 1.62. The maximum Gasteiger partial charge on any atom is 0.277 e. The molecule has 0 saturated heterocycles. The van der Waals surface area contributed by atoms with Crippen molar-refractivity contribution < 1.29 is 14.7 Å². The fraction of sp³-hybridized carbons (Fsp3) is 0.231. The van der Waals surface area contributed by atoms with E-state index in [4.69, 9.17) is 5.11 Å². The second kappa shape index (κ2) is 5.23. The molecule has 21 heavy (non-hydrogen) atoms. The third-order valence-electron chi connectivity index (χ3n) is 3.20. The number of hydrogen-bond donors (Lipinski definition) is 2. The molecule has 0 spiro atoms. The van der Waals surface area contributed by atoms with E-state index in [0.29, 0.717) is 5.69 Å². The van der Waals surface area contributed by atoms with E-state index >= 15 is 0 Å². The third kappa shape index (κ3) is 2.39. The van der Waals surface area contributed by atoms with Gasteiger partial charge in [-0.3, -0.25) is 14.5 Å². The first-order valence-electron chi connectivity index (χ1n) is 6.28. The van der Waals surface area contributed by atoms with Crippen molar-refractivity contribution in [2.24, 2.45) is 0 Å². The number of benzene rings is 1. The van der Waals surface area contributed by atoms with Gasteiger partial charge in [-0.2, -0.15) is 8.75 Å². The van der Waals surface area contributed by atoms with Crippen LogP contribution >= 0.6 is 11.7 Å². The number of aryl methyl sites for hydroxylation is 1. The number of nitrogens with zero attached hydrogens (tertiary/aromatic N) is 3. The summed E-state index contributed by atoms with van der Waals surface area (Å²) in [5.74, 6) is -0.865. The van der Waals surface area contributed by atoms with Crippen LogP contribution in [0.3, 0.4) is 0 Å². The number of aliphatic hydroxyl groups is 1. The molecule has 2 N–H and O–H groups in total. The average Bonchev–Trinajstić information content (AvgIpc) is 2.99. The Morgan fingerprint density at radius 3 is 2.71 bits per heavy atom. The monoisotopic (exact) mass is 304 g/mol. The summed E-state index contributed by atoms with van der Waals surface area (Å²) in [5.41, 5.74) is 3.33. The van der Waals surface area contributed by atoms with Crippen molar-refractivity contribution in [2.75, 3.05) is 18.5 Å². The number of carbonyl (C=O) groups excluding carboxylic acids is 2. The number of rotatable bonds is 4. The number of imide groups is 1. The van der Waals surface area contributed by atoms with Gasteiger partial charge in [0.1, 0.15) is 16.7 Å². The summed E-state index contributed by atoms with van der Waals surface area (Å²) in [7, 11) is 0. The van der Waals surface area contributed by atoms with Crippen molar-refractivity contribution >= 4 is 40.3 Å². The molecular weight excluding hydrogens is 292 g/mol. The minimum atomic E-state index is -0.440. The zero-order valence-electron chi connectivity index (χ0n) is 11.2. The van der Waals surface area contributed by atoms with Gasteiger partial charge in [0, 0.05) is 11.8 Å². The molecule has 1 aliphatic rings.